The molecule has 1 heterocycles. The van der Waals surface area contributed by atoms with Gasteiger partial charge in [-0.15, -0.1) is 0 Å². The van der Waals surface area contributed by atoms with Crippen molar-refractivity contribution < 1.29 is 14.6 Å². The number of benzene rings is 2. The van der Waals surface area contributed by atoms with Gasteiger partial charge in [-0.1, -0.05) is 12.1 Å². The van der Waals surface area contributed by atoms with Crippen LogP contribution in [0, 0.1) is 0 Å². The molecule has 2 aromatic carbocycles. The number of carbonyl (C=O) groups is 1. The zero-order chi connectivity index (χ0) is 14.1. The molecule has 1 aliphatic rings. The first kappa shape index (κ1) is 12.7. The molecule has 0 aliphatic carbocycles. The molecule has 1 aliphatic heterocycles. The van der Waals surface area contributed by atoms with E-state index in [0.717, 1.165) is 11.1 Å². The van der Waals surface area contributed by atoms with Gasteiger partial charge in [0.2, 0.25) is 0 Å². The summed E-state index contributed by atoms with van der Waals surface area (Å²) in [7, 11) is 1.70. The highest BCUT2D eigenvalue weighted by molar-refractivity contribution is 6.06. The third-order valence-corrected chi connectivity index (χ3v) is 3.49. The molecular formula is C16H15NO3. The zero-order valence-electron chi connectivity index (χ0n) is 11.2. The Morgan fingerprint density at radius 3 is 2.75 bits per heavy atom. The van der Waals surface area contributed by atoms with Crippen molar-refractivity contribution in [2.24, 2.45) is 0 Å². The molecule has 0 spiro atoms. The van der Waals surface area contributed by atoms with E-state index in [2.05, 4.69) is 0 Å². The van der Waals surface area contributed by atoms with Crippen LogP contribution in [-0.2, 0) is 18.0 Å². The number of rotatable bonds is 2. The molecule has 0 atom stereocenters. The van der Waals surface area contributed by atoms with Gasteiger partial charge in [0.1, 0.15) is 5.75 Å². The number of anilines is 1. The molecule has 1 amide bonds. The molecule has 0 radical (unpaired) electrons. The quantitative estimate of drug-likeness (QED) is 0.912. The average molecular weight is 269 g/mol. The van der Waals surface area contributed by atoms with Crippen molar-refractivity contribution in [1.82, 2.24) is 0 Å². The molecule has 2 aromatic rings. The van der Waals surface area contributed by atoms with Crippen molar-refractivity contribution in [2.45, 2.75) is 13.2 Å². The summed E-state index contributed by atoms with van der Waals surface area (Å²) >= 11 is 0. The molecule has 4 heteroatoms. The molecule has 20 heavy (non-hydrogen) atoms. The van der Waals surface area contributed by atoms with Gasteiger partial charge in [0, 0.05) is 24.4 Å². The van der Waals surface area contributed by atoms with E-state index >= 15 is 0 Å². The Kier molecular flexibility index (Phi) is 3.16. The minimum absolute atomic E-state index is 0.106. The standard InChI is InChI=1S/C16H15NO3/c1-17(14-3-2-4-15(18)8-14)16(19)11-5-6-12-9-20-10-13(12)7-11/h2-8,18H,9-10H2,1H3. The van der Waals surface area contributed by atoms with E-state index in [1.54, 1.807) is 31.3 Å². The van der Waals surface area contributed by atoms with Crippen LogP contribution in [0.1, 0.15) is 21.5 Å². The number of nitrogens with zero attached hydrogens (tertiary/aromatic N) is 1. The number of phenolic OH excluding ortho intramolecular Hbond substituents is 1. The maximum absolute atomic E-state index is 12.5. The van der Waals surface area contributed by atoms with Gasteiger partial charge in [-0.3, -0.25) is 4.79 Å². The molecule has 1 N–H and O–H groups in total. The molecule has 0 saturated carbocycles. The number of ether oxygens (including phenoxy) is 1. The van der Waals surface area contributed by atoms with Crippen molar-refractivity contribution in [3.05, 3.63) is 59.2 Å². The monoisotopic (exact) mass is 269 g/mol. The van der Waals surface area contributed by atoms with Crippen molar-refractivity contribution in [2.75, 3.05) is 11.9 Å². The lowest BCUT2D eigenvalue weighted by molar-refractivity contribution is 0.0993. The van der Waals surface area contributed by atoms with E-state index in [0.29, 0.717) is 24.5 Å². The molecule has 102 valence electrons. The second-order valence-electron chi connectivity index (χ2n) is 4.86. The average Bonchev–Trinajstić information content (AvgIpc) is 2.93. The zero-order valence-corrected chi connectivity index (χ0v) is 11.2. The molecule has 0 bridgehead atoms. The SMILES string of the molecule is CN(C(=O)c1ccc2c(c1)COC2)c1cccc(O)c1. The van der Waals surface area contributed by atoms with E-state index in [4.69, 9.17) is 4.74 Å². The third kappa shape index (κ3) is 2.26. The lowest BCUT2D eigenvalue weighted by Gasteiger charge is -2.18. The number of hydrogen-bond donors (Lipinski definition) is 1. The summed E-state index contributed by atoms with van der Waals surface area (Å²) in [6, 6.07) is 12.3. The Morgan fingerprint density at radius 2 is 1.95 bits per heavy atom. The van der Waals surface area contributed by atoms with Crippen molar-refractivity contribution in [1.29, 1.82) is 0 Å². The Bertz CT molecular complexity index is 667. The molecule has 0 unspecified atom stereocenters. The van der Waals surface area contributed by atoms with Crippen molar-refractivity contribution in [3.63, 3.8) is 0 Å². The summed E-state index contributed by atoms with van der Waals surface area (Å²) in [4.78, 5) is 14.0. The van der Waals surface area contributed by atoms with E-state index in [1.807, 2.05) is 18.2 Å². The number of aromatic hydroxyl groups is 1. The number of carbonyl (C=O) groups excluding carboxylic acids is 1. The van der Waals surface area contributed by atoms with Gasteiger partial charge in [-0.2, -0.15) is 0 Å². The maximum Gasteiger partial charge on any atom is 0.258 e. The van der Waals surface area contributed by atoms with Gasteiger partial charge in [0.15, 0.2) is 0 Å². The minimum atomic E-state index is -0.106. The normalized spacial score (nSPS) is 13.1. The molecular weight excluding hydrogens is 254 g/mol. The van der Waals surface area contributed by atoms with Crippen molar-refractivity contribution >= 4 is 11.6 Å². The van der Waals surface area contributed by atoms with E-state index in [-0.39, 0.29) is 11.7 Å². The van der Waals surface area contributed by atoms with Gasteiger partial charge < -0.3 is 14.7 Å². The van der Waals surface area contributed by atoms with E-state index in [1.165, 1.54) is 4.90 Å². The highest BCUT2D eigenvalue weighted by Gasteiger charge is 2.17. The lowest BCUT2D eigenvalue weighted by atomic mass is 10.1. The lowest BCUT2D eigenvalue weighted by Crippen LogP contribution is -2.26. The molecule has 3 rings (SSSR count). The topological polar surface area (TPSA) is 49.8 Å². The summed E-state index contributed by atoms with van der Waals surface area (Å²) in [5.41, 5.74) is 3.49. The van der Waals surface area contributed by atoms with Gasteiger partial charge >= 0.3 is 0 Å². The van der Waals surface area contributed by atoms with Gasteiger partial charge in [0.25, 0.3) is 5.91 Å². The Hall–Kier alpha value is -2.33. The van der Waals surface area contributed by atoms with Crippen LogP contribution in [0.5, 0.6) is 5.75 Å². The van der Waals surface area contributed by atoms with Crippen LogP contribution in [-0.4, -0.2) is 18.1 Å². The summed E-state index contributed by atoms with van der Waals surface area (Å²) in [5.74, 6) is 0.0369. The number of phenols is 1. The van der Waals surface area contributed by atoms with Gasteiger partial charge in [-0.05, 0) is 35.4 Å². The molecule has 0 saturated heterocycles. The fourth-order valence-corrected chi connectivity index (χ4v) is 2.32. The first-order valence-electron chi connectivity index (χ1n) is 6.42. The van der Waals surface area contributed by atoms with Crippen LogP contribution in [0.15, 0.2) is 42.5 Å². The summed E-state index contributed by atoms with van der Waals surface area (Å²) in [6.07, 6.45) is 0. The fraction of sp³-hybridized carbons (Fsp3) is 0.188. The van der Waals surface area contributed by atoms with Gasteiger partial charge in [-0.25, -0.2) is 0 Å². The number of amides is 1. The summed E-state index contributed by atoms with van der Waals surface area (Å²) in [5, 5.41) is 9.49. The van der Waals surface area contributed by atoms with E-state index < -0.39 is 0 Å². The van der Waals surface area contributed by atoms with Crippen molar-refractivity contribution in [3.8, 4) is 5.75 Å². The van der Waals surface area contributed by atoms with E-state index in [9.17, 15) is 9.90 Å². The van der Waals surface area contributed by atoms with Crippen LogP contribution in [0.4, 0.5) is 5.69 Å². The van der Waals surface area contributed by atoms with Crippen LogP contribution in [0.25, 0.3) is 0 Å². The predicted octanol–water partition coefficient (Wildman–Crippen LogP) is 2.70. The number of hydrogen-bond acceptors (Lipinski definition) is 3. The highest BCUT2D eigenvalue weighted by Crippen LogP contribution is 2.24. The molecule has 4 nitrogen and oxygen atoms in total. The largest absolute Gasteiger partial charge is 0.508 e. The Labute approximate surface area is 117 Å². The Balaban J connectivity index is 1.88. The predicted molar refractivity (Wildman–Crippen MR) is 75.8 cm³/mol. The highest BCUT2D eigenvalue weighted by atomic mass is 16.5. The summed E-state index contributed by atoms with van der Waals surface area (Å²) in [6.45, 7) is 1.18. The van der Waals surface area contributed by atoms with Crippen LogP contribution >= 0.6 is 0 Å². The maximum atomic E-state index is 12.5. The summed E-state index contributed by atoms with van der Waals surface area (Å²) < 4.78 is 5.35. The third-order valence-electron chi connectivity index (χ3n) is 3.49. The smallest absolute Gasteiger partial charge is 0.258 e. The number of fused-ring (bicyclic) bond motifs is 1. The van der Waals surface area contributed by atoms with Crippen LogP contribution < -0.4 is 4.90 Å². The van der Waals surface area contributed by atoms with Gasteiger partial charge in [0.05, 0.1) is 13.2 Å². The second-order valence-corrected chi connectivity index (χ2v) is 4.86. The fourth-order valence-electron chi connectivity index (χ4n) is 2.32. The van der Waals surface area contributed by atoms with Crippen LogP contribution in [0.2, 0.25) is 0 Å². The first-order chi connectivity index (χ1) is 9.65. The second kappa shape index (κ2) is 4.98. The minimum Gasteiger partial charge on any atom is -0.508 e. The van der Waals surface area contributed by atoms with Crippen LogP contribution in [0.3, 0.4) is 0 Å². The molecule has 0 aromatic heterocycles. The molecule has 0 fully saturated rings. The Morgan fingerprint density at radius 1 is 1.15 bits per heavy atom. The first-order valence-corrected chi connectivity index (χ1v) is 6.42.